The van der Waals surface area contributed by atoms with Gasteiger partial charge in [-0.05, 0) is 25.0 Å². The van der Waals surface area contributed by atoms with E-state index < -0.39 is 0 Å². The van der Waals surface area contributed by atoms with E-state index in [0.29, 0.717) is 25.6 Å². The Balaban J connectivity index is 1.43. The Morgan fingerprint density at radius 1 is 1.23 bits per heavy atom. The van der Waals surface area contributed by atoms with Crippen molar-refractivity contribution in [3.05, 3.63) is 30.3 Å². The molecule has 120 valence electrons. The van der Waals surface area contributed by atoms with Crippen molar-refractivity contribution in [1.29, 1.82) is 0 Å². The average molecular weight is 321 g/mol. The molecule has 0 saturated carbocycles. The molecule has 2 aliphatic rings. The van der Waals surface area contributed by atoms with Gasteiger partial charge >= 0.3 is 0 Å². The summed E-state index contributed by atoms with van der Waals surface area (Å²) in [5.41, 5.74) is 0. The highest BCUT2D eigenvalue weighted by Gasteiger charge is 2.32. The van der Waals surface area contributed by atoms with Crippen molar-refractivity contribution in [1.82, 2.24) is 4.90 Å². The molecule has 0 aromatic heterocycles. The highest BCUT2D eigenvalue weighted by atomic mass is 32.2. The lowest BCUT2D eigenvalue weighted by atomic mass is 9.97. The van der Waals surface area contributed by atoms with Gasteiger partial charge in [0.2, 0.25) is 5.91 Å². The third-order valence-corrected chi connectivity index (χ3v) is 5.18. The number of likely N-dealkylation sites (tertiary alicyclic amines) is 1. The van der Waals surface area contributed by atoms with Crippen LogP contribution in [0.4, 0.5) is 0 Å². The summed E-state index contributed by atoms with van der Waals surface area (Å²) in [7, 11) is 0. The third kappa shape index (κ3) is 4.24. The van der Waals surface area contributed by atoms with E-state index in [1.165, 1.54) is 4.90 Å². The lowest BCUT2D eigenvalue weighted by Gasteiger charge is -2.34. The summed E-state index contributed by atoms with van der Waals surface area (Å²) in [5.74, 6) is 1.42. The van der Waals surface area contributed by atoms with Crippen LogP contribution in [0.3, 0.4) is 0 Å². The molecule has 0 aliphatic carbocycles. The van der Waals surface area contributed by atoms with E-state index in [1.54, 1.807) is 11.8 Å². The number of piperidine rings is 1. The summed E-state index contributed by atoms with van der Waals surface area (Å²) in [6, 6.07) is 10.2. The first kappa shape index (κ1) is 15.8. The zero-order valence-corrected chi connectivity index (χ0v) is 13.6. The Morgan fingerprint density at radius 3 is 2.77 bits per heavy atom. The summed E-state index contributed by atoms with van der Waals surface area (Å²) < 4.78 is 11.2. The normalized spacial score (nSPS) is 22.9. The Morgan fingerprint density at radius 2 is 2.00 bits per heavy atom. The SMILES string of the molecule is O=C(CCSc1ccccc1)N1CCCC(C2OCCO2)C1. The van der Waals surface area contributed by atoms with Crippen molar-refractivity contribution in [2.45, 2.75) is 30.4 Å². The van der Waals surface area contributed by atoms with Gasteiger partial charge in [-0.3, -0.25) is 4.79 Å². The molecule has 2 heterocycles. The topological polar surface area (TPSA) is 38.8 Å². The van der Waals surface area contributed by atoms with E-state index >= 15 is 0 Å². The largest absolute Gasteiger partial charge is 0.350 e. The highest BCUT2D eigenvalue weighted by molar-refractivity contribution is 7.99. The second-order valence-electron chi connectivity index (χ2n) is 5.76. The summed E-state index contributed by atoms with van der Waals surface area (Å²) in [5, 5.41) is 0. The van der Waals surface area contributed by atoms with Crippen LogP contribution in [0.1, 0.15) is 19.3 Å². The van der Waals surface area contributed by atoms with Crippen LogP contribution in [0.15, 0.2) is 35.2 Å². The molecule has 2 saturated heterocycles. The van der Waals surface area contributed by atoms with Crippen LogP contribution >= 0.6 is 11.8 Å². The lowest BCUT2D eigenvalue weighted by molar-refractivity contribution is -0.138. The van der Waals surface area contributed by atoms with Gasteiger partial charge in [0.05, 0.1) is 13.2 Å². The minimum absolute atomic E-state index is 0.103. The van der Waals surface area contributed by atoms with Gasteiger partial charge in [0.1, 0.15) is 0 Å². The maximum absolute atomic E-state index is 12.4. The first-order valence-corrected chi connectivity index (χ1v) is 9.00. The smallest absolute Gasteiger partial charge is 0.223 e. The molecule has 5 heteroatoms. The number of ether oxygens (including phenoxy) is 2. The van der Waals surface area contributed by atoms with Crippen molar-refractivity contribution >= 4 is 17.7 Å². The summed E-state index contributed by atoms with van der Waals surface area (Å²) in [6.07, 6.45) is 2.63. The fraction of sp³-hybridized carbons (Fsp3) is 0.588. The van der Waals surface area contributed by atoms with Gasteiger partial charge < -0.3 is 14.4 Å². The molecule has 0 radical (unpaired) electrons. The minimum atomic E-state index is -0.103. The van der Waals surface area contributed by atoms with E-state index in [4.69, 9.17) is 9.47 Å². The van der Waals surface area contributed by atoms with Crippen LogP contribution < -0.4 is 0 Å². The quantitative estimate of drug-likeness (QED) is 0.782. The van der Waals surface area contributed by atoms with Crippen LogP contribution in [-0.2, 0) is 14.3 Å². The number of carbonyl (C=O) groups is 1. The molecule has 22 heavy (non-hydrogen) atoms. The zero-order chi connectivity index (χ0) is 15.2. The van der Waals surface area contributed by atoms with E-state index in [2.05, 4.69) is 12.1 Å². The number of hydrogen-bond donors (Lipinski definition) is 0. The van der Waals surface area contributed by atoms with E-state index in [9.17, 15) is 4.79 Å². The molecule has 4 nitrogen and oxygen atoms in total. The van der Waals surface area contributed by atoms with Gasteiger partial charge in [0.15, 0.2) is 6.29 Å². The number of thioether (sulfide) groups is 1. The van der Waals surface area contributed by atoms with Crippen molar-refractivity contribution in [2.75, 3.05) is 32.1 Å². The third-order valence-electron chi connectivity index (χ3n) is 4.17. The molecule has 2 aliphatic heterocycles. The summed E-state index contributed by atoms with van der Waals surface area (Å²) >= 11 is 1.74. The Kier molecular flexibility index (Phi) is 5.76. The molecule has 1 atom stereocenters. The van der Waals surface area contributed by atoms with Gasteiger partial charge in [0, 0.05) is 36.1 Å². The van der Waals surface area contributed by atoms with E-state index in [1.807, 2.05) is 23.1 Å². The van der Waals surface area contributed by atoms with Crippen LogP contribution in [0.25, 0.3) is 0 Å². The molecule has 0 N–H and O–H groups in total. The van der Waals surface area contributed by atoms with Crippen molar-refractivity contribution in [3.8, 4) is 0 Å². The number of nitrogens with zero attached hydrogens (tertiary/aromatic N) is 1. The van der Waals surface area contributed by atoms with E-state index in [0.717, 1.165) is 31.7 Å². The fourth-order valence-corrected chi connectivity index (χ4v) is 3.90. The highest BCUT2D eigenvalue weighted by Crippen LogP contribution is 2.26. The van der Waals surface area contributed by atoms with Crippen LogP contribution in [0.5, 0.6) is 0 Å². The Bertz CT molecular complexity index is 476. The number of rotatable bonds is 5. The molecule has 1 unspecified atom stereocenters. The second kappa shape index (κ2) is 7.99. The van der Waals surface area contributed by atoms with Gasteiger partial charge in [-0.1, -0.05) is 18.2 Å². The maximum Gasteiger partial charge on any atom is 0.223 e. The monoisotopic (exact) mass is 321 g/mol. The number of benzene rings is 1. The molecular weight excluding hydrogens is 298 g/mol. The van der Waals surface area contributed by atoms with Crippen molar-refractivity contribution < 1.29 is 14.3 Å². The summed E-state index contributed by atoms with van der Waals surface area (Å²) in [6.45, 7) is 3.02. The Hall–Kier alpha value is -1.04. The molecule has 1 amide bonds. The van der Waals surface area contributed by atoms with Gasteiger partial charge in [-0.25, -0.2) is 0 Å². The number of carbonyl (C=O) groups excluding carboxylic acids is 1. The molecule has 1 aromatic carbocycles. The lowest BCUT2D eigenvalue weighted by Crippen LogP contribution is -2.43. The van der Waals surface area contributed by atoms with Crippen molar-refractivity contribution in [2.24, 2.45) is 5.92 Å². The molecule has 2 fully saturated rings. The zero-order valence-electron chi connectivity index (χ0n) is 12.8. The average Bonchev–Trinajstić information content (AvgIpc) is 3.10. The van der Waals surface area contributed by atoms with Gasteiger partial charge in [0.25, 0.3) is 0 Å². The van der Waals surface area contributed by atoms with Crippen molar-refractivity contribution in [3.63, 3.8) is 0 Å². The summed E-state index contributed by atoms with van der Waals surface area (Å²) in [4.78, 5) is 15.6. The standard InChI is InChI=1S/C17H23NO3S/c19-16(8-12-22-15-6-2-1-3-7-15)18-9-4-5-14(13-18)17-20-10-11-21-17/h1-3,6-7,14,17H,4-5,8-13H2. The second-order valence-corrected chi connectivity index (χ2v) is 6.93. The van der Waals surface area contributed by atoms with Crippen LogP contribution in [0, 0.1) is 5.92 Å². The number of amides is 1. The molecule has 1 aromatic rings. The first-order chi connectivity index (χ1) is 10.8. The van der Waals surface area contributed by atoms with Crippen LogP contribution in [0.2, 0.25) is 0 Å². The minimum Gasteiger partial charge on any atom is -0.350 e. The molecule has 0 spiro atoms. The maximum atomic E-state index is 12.4. The predicted molar refractivity (Wildman–Crippen MR) is 86.8 cm³/mol. The first-order valence-electron chi connectivity index (χ1n) is 8.02. The predicted octanol–water partition coefficient (Wildman–Crippen LogP) is 2.78. The molecule has 0 bridgehead atoms. The molecule has 3 rings (SSSR count). The van der Waals surface area contributed by atoms with E-state index in [-0.39, 0.29) is 12.2 Å². The number of hydrogen-bond acceptors (Lipinski definition) is 4. The molecular formula is C17H23NO3S. The Labute approximate surface area is 136 Å². The van der Waals surface area contributed by atoms with Crippen LogP contribution in [-0.4, -0.2) is 49.2 Å². The van der Waals surface area contributed by atoms with Gasteiger partial charge in [-0.2, -0.15) is 0 Å². The van der Waals surface area contributed by atoms with Gasteiger partial charge in [-0.15, -0.1) is 11.8 Å². The fourth-order valence-electron chi connectivity index (χ4n) is 3.04.